The SMILES string of the molecule is CO[C@H]1CN(CCCN)C[C@@H]1n1ccnc1. The maximum Gasteiger partial charge on any atom is 0.0949 e. The summed E-state index contributed by atoms with van der Waals surface area (Å²) in [7, 11) is 1.78. The topological polar surface area (TPSA) is 56.3 Å². The van der Waals surface area contributed by atoms with Crippen LogP contribution in [-0.4, -0.2) is 53.8 Å². The number of likely N-dealkylation sites (tertiary alicyclic amines) is 1. The molecular formula is C11H20N4O. The van der Waals surface area contributed by atoms with E-state index in [1.165, 1.54) is 0 Å². The molecule has 5 heteroatoms. The molecule has 0 saturated carbocycles. The zero-order valence-corrected chi connectivity index (χ0v) is 9.75. The smallest absolute Gasteiger partial charge is 0.0949 e. The molecule has 0 aliphatic carbocycles. The van der Waals surface area contributed by atoms with Crippen LogP contribution in [-0.2, 0) is 4.74 Å². The molecule has 1 fully saturated rings. The second-order valence-electron chi connectivity index (χ2n) is 4.25. The highest BCUT2D eigenvalue weighted by Crippen LogP contribution is 2.24. The summed E-state index contributed by atoms with van der Waals surface area (Å²) in [5.74, 6) is 0. The monoisotopic (exact) mass is 224 g/mol. The van der Waals surface area contributed by atoms with Crippen LogP contribution in [0.3, 0.4) is 0 Å². The van der Waals surface area contributed by atoms with E-state index in [4.69, 9.17) is 10.5 Å². The number of ether oxygens (including phenoxy) is 1. The molecule has 1 aliphatic heterocycles. The van der Waals surface area contributed by atoms with Crippen molar-refractivity contribution in [1.29, 1.82) is 0 Å². The highest BCUT2D eigenvalue weighted by molar-refractivity contribution is 4.92. The summed E-state index contributed by atoms with van der Waals surface area (Å²) in [4.78, 5) is 6.50. The van der Waals surface area contributed by atoms with Crippen LogP contribution in [0.25, 0.3) is 0 Å². The summed E-state index contributed by atoms with van der Waals surface area (Å²) in [5.41, 5.74) is 5.53. The summed E-state index contributed by atoms with van der Waals surface area (Å²) in [6, 6.07) is 0.380. The zero-order valence-electron chi connectivity index (χ0n) is 9.75. The lowest BCUT2D eigenvalue weighted by atomic mass is 10.2. The van der Waals surface area contributed by atoms with Crippen molar-refractivity contribution in [2.45, 2.75) is 18.6 Å². The van der Waals surface area contributed by atoms with Crippen molar-refractivity contribution in [2.75, 3.05) is 33.3 Å². The van der Waals surface area contributed by atoms with E-state index in [9.17, 15) is 0 Å². The molecule has 0 amide bonds. The first-order chi connectivity index (χ1) is 7.85. The number of hydrogen-bond donors (Lipinski definition) is 1. The Bertz CT molecular complexity index is 301. The Morgan fingerprint density at radius 1 is 1.50 bits per heavy atom. The van der Waals surface area contributed by atoms with Crippen LogP contribution in [0.1, 0.15) is 12.5 Å². The normalized spacial score (nSPS) is 26.4. The Morgan fingerprint density at radius 3 is 3.00 bits per heavy atom. The van der Waals surface area contributed by atoms with Gasteiger partial charge in [-0.3, -0.25) is 4.90 Å². The van der Waals surface area contributed by atoms with E-state index in [0.29, 0.717) is 6.04 Å². The maximum atomic E-state index is 5.54. The predicted octanol–water partition coefficient (Wildman–Crippen LogP) is 0.104. The first-order valence-corrected chi connectivity index (χ1v) is 5.78. The molecule has 0 aromatic carbocycles. The molecule has 0 unspecified atom stereocenters. The van der Waals surface area contributed by atoms with Crippen molar-refractivity contribution in [3.8, 4) is 0 Å². The molecule has 0 radical (unpaired) electrons. The van der Waals surface area contributed by atoms with Crippen molar-refractivity contribution in [3.05, 3.63) is 18.7 Å². The van der Waals surface area contributed by atoms with Crippen LogP contribution in [0.4, 0.5) is 0 Å². The largest absolute Gasteiger partial charge is 0.378 e. The third-order valence-electron chi connectivity index (χ3n) is 3.20. The van der Waals surface area contributed by atoms with Gasteiger partial charge in [0.15, 0.2) is 0 Å². The minimum absolute atomic E-state index is 0.256. The molecule has 0 bridgehead atoms. The third kappa shape index (κ3) is 2.42. The van der Waals surface area contributed by atoms with Gasteiger partial charge in [-0.15, -0.1) is 0 Å². The number of imidazole rings is 1. The molecule has 2 atom stereocenters. The van der Waals surface area contributed by atoms with Gasteiger partial charge < -0.3 is 15.0 Å². The lowest BCUT2D eigenvalue weighted by molar-refractivity contribution is 0.0815. The van der Waals surface area contributed by atoms with Crippen molar-refractivity contribution >= 4 is 0 Å². The molecule has 2 N–H and O–H groups in total. The van der Waals surface area contributed by atoms with Gasteiger partial charge in [0.05, 0.1) is 18.5 Å². The van der Waals surface area contributed by atoms with Crippen LogP contribution in [0.15, 0.2) is 18.7 Å². The Labute approximate surface area is 96.2 Å². The average Bonchev–Trinajstić information content (AvgIpc) is 2.94. The minimum atomic E-state index is 0.256. The van der Waals surface area contributed by atoms with Crippen molar-refractivity contribution < 1.29 is 4.74 Å². The second kappa shape index (κ2) is 5.43. The molecule has 1 aliphatic rings. The average molecular weight is 224 g/mol. The van der Waals surface area contributed by atoms with Gasteiger partial charge in [-0.25, -0.2) is 4.98 Å². The summed E-state index contributed by atoms with van der Waals surface area (Å²) >= 11 is 0. The highest BCUT2D eigenvalue weighted by atomic mass is 16.5. The fourth-order valence-corrected chi connectivity index (χ4v) is 2.31. The predicted molar refractivity (Wildman–Crippen MR) is 62.2 cm³/mol. The molecule has 1 aromatic heterocycles. The number of aromatic nitrogens is 2. The zero-order chi connectivity index (χ0) is 11.4. The molecule has 1 saturated heterocycles. The standard InChI is InChI=1S/C11H20N4O/c1-16-11-8-14(5-2-3-12)7-10(11)15-6-4-13-9-15/h4,6,9-11H,2-3,5,7-8,12H2,1H3/t10-,11-/m0/s1. The van der Waals surface area contributed by atoms with Gasteiger partial charge in [-0.05, 0) is 19.5 Å². The highest BCUT2D eigenvalue weighted by Gasteiger charge is 2.33. The fourth-order valence-electron chi connectivity index (χ4n) is 2.31. The number of rotatable bonds is 5. The van der Waals surface area contributed by atoms with E-state index in [2.05, 4.69) is 14.5 Å². The summed E-state index contributed by atoms with van der Waals surface area (Å²) in [5, 5.41) is 0. The quantitative estimate of drug-likeness (QED) is 0.771. The lowest BCUT2D eigenvalue weighted by Crippen LogP contribution is -2.25. The van der Waals surface area contributed by atoms with Gasteiger partial charge in [0.1, 0.15) is 0 Å². The van der Waals surface area contributed by atoms with Gasteiger partial charge >= 0.3 is 0 Å². The van der Waals surface area contributed by atoms with Crippen LogP contribution in [0, 0.1) is 0 Å². The van der Waals surface area contributed by atoms with Crippen LogP contribution in [0.2, 0.25) is 0 Å². The summed E-state index contributed by atoms with van der Waals surface area (Å²) in [6.45, 7) is 3.82. The molecule has 16 heavy (non-hydrogen) atoms. The van der Waals surface area contributed by atoms with Crippen molar-refractivity contribution in [1.82, 2.24) is 14.5 Å². The molecule has 2 heterocycles. The van der Waals surface area contributed by atoms with E-state index in [0.717, 1.165) is 32.6 Å². The Hall–Kier alpha value is -0.910. The maximum absolute atomic E-state index is 5.54. The second-order valence-corrected chi connectivity index (χ2v) is 4.25. The molecule has 5 nitrogen and oxygen atoms in total. The van der Waals surface area contributed by atoms with E-state index in [-0.39, 0.29) is 6.10 Å². The van der Waals surface area contributed by atoms with Gasteiger partial charge in [0.25, 0.3) is 0 Å². The molecular weight excluding hydrogens is 204 g/mol. The Morgan fingerprint density at radius 2 is 2.38 bits per heavy atom. The molecule has 1 aromatic rings. The molecule has 2 rings (SSSR count). The third-order valence-corrected chi connectivity index (χ3v) is 3.20. The number of methoxy groups -OCH3 is 1. The number of nitrogens with zero attached hydrogens (tertiary/aromatic N) is 3. The summed E-state index contributed by atoms with van der Waals surface area (Å²) < 4.78 is 7.67. The molecule has 0 spiro atoms. The van der Waals surface area contributed by atoms with Gasteiger partial charge in [0.2, 0.25) is 0 Å². The van der Waals surface area contributed by atoms with Gasteiger partial charge in [-0.2, -0.15) is 0 Å². The van der Waals surface area contributed by atoms with E-state index < -0.39 is 0 Å². The van der Waals surface area contributed by atoms with Crippen molar-refractivity contribution in [3.63, 3.8) is 0 Å². The van der Waals surface area contributed by atoms with Gasteiger partial charge in [-0.1, -0.05) is 0 Å². The minimum Gasteiger partial charge on any atom is -0.378 e. The van der Waals surface area contributed by atoms with E-state index >= 15 is 0 Å². The Kier molecular flexibility index (Phi) is 3.93. The van der Waals surface area contributed by atoms with E-state index in [1.807, 2.05) is 18.7 Å². The van der Waals surface area contributed by atoms with Gasteiger partial charge in [0, 0.05) is 32.6 Å². The first-order valence-electron chi connectivity index (χ1n) is 5.78. The van der Waals surface area contributed by atoms with Crippen LogP contribution < -0.4 is 5.73 Å². The number of hydrogen-bond acceptors (Lipinski definition) is 4. The number of nitrogens with two attached hydrogens (primary N) is 1. The first kappa shape index (κ1) is 11.6. The summed E-state index contributed by atoms with van der Waals surface area (Å²) in [6.07, 6.45) is 6.99. The Balaban J connectivity index is 1.97. The van der Waals surface area contributed by atoms with Crippen molar-refractivity contribution in [2.24, 2.45) is 5.73 Å². The fraction of sp³-hybridized carbons (Fsp3) is 0.727. The molecule has 90 valence electrons. The van der Waals surface area contributed by atoms with Crippen LogP contribution in [0.5, 0.6) is 0 Å². The lowest BCUT2D eigenvalue weighted by Gasteiger charge is -2.17. The van der Waals surface area contributed by atoms with Crippen LogP contribution >= 0.6 is 0 Å². The van der Waals surface area contributed by atoms with E-state index in [1.54, 1.807) is 7.11 Å².